The van der Waals surface area contributed by atoms with E-state index in [0.717, 1.165) is 31.1 Å². The Bertz CT molecular complexity index is 393. The van der Waals surface area contributed by atoms with Crippen molar-refractivity contribution in [3.63, 3.8) is 0 Å². The van der Waals surface area contributed by atoms with E-state index in [2.05, 4.69) is 10.2 Å². The predicted octanol–water partition coefficient (Wildman–Crippen LogP) is 1.28. The molecule has 0 radical (unpaired) electrons. The third-order valence-electron chi connectivity index (χ3n) is 3.10. The second-order valence-corrected chi connectivity index (χ2v) is 6.11. The highest BCUT2D eigenvalue weighted by Gasteiger charge is 2.15. The highest BCUT2D eigenvalue weighted by Crippen LogP contribution is 2.32. The number of thioether (sulfide) groups is 1. The lowest BCUT2D eigenvalue weighted by Gasteiger charge is -2.29. The van der Waals surface area contributed by atoms with Crippen LogP contribution in [0.1, 0.15) is 0 Å². The van der Waals surface area contributed by atoms with Crippen LogP contribution in [0.25, 0.3) is 0 Å². The van der Waals surface area contributed by atoms with Gasteiger partial charge >= 0.3 is 0 Å². The van der Waals surface area contributed by atoms with Gasteiger partial charge in [0, 0.05) is 49.1 Å². The zero-order valence-corrected chi connectivity index (χ0v) is 12.4. The van der Waals surface area contributed by atoms with Crippen molar-refractivity contribution in [3.8, 4) is 0 Å². The summed E-state index contributed by atoms with van der Waals surface area (Å²) >= 11 is 7.62. The molecular weight excluding hydrogens is 282 g/mol. The fourth-order valence-corrected chi connectivity index (χ4v) is 3.35. The molecule has 1 aliphatic rings. The Balaban J connectivity index is 1.81. The number of nitrogens with two attached hydrogens (primary N) is 1. The van der Waals surface area contributed by atoms with E-state index in [4.69, 9.17) is 17.3 Å². The number of halogens is 1. The Morgan fingerprint density at radius 3 is 2.84 bits per heavy atom. The van der Waals surface area contributed by atoms with Gasteiger partial charge in [-0.25, -0.2) is 0 Å². The third kappa shape index (κ3) is 4.54. The molecule has 0 aliphatic carbocycles. The number of rotatable bonds is 5. The number of nitrogen functional groups attached to an aromatic ring is 1. The van der Waals surface area contributed by atoms with Gasteiger partial charge in [0.25, 0.3) is 0 Å². The number of β-amino-alcohol motifs (C(OH)–C–C–N with tert-alkyl or cyclic N) is 1. The SMILES string of the molecule is Nc1cccc(Cl)c1SCC(O)CN1CCNCC1. The Morgan fingerprint density at radius 1 is 1.42 bits per heavy atom. The van der Waals surface area contributed by atoms with E-state index in [1.54, 1.807) is 0 Å². The van der Waals surface area contributed by atoms with Crippen molar-refractivity contribution < 1.29 is 5.11 Å². The summed E-state index contributed by atoms with van der Waals surface area (Å²) < 4.78 is 0. The topological polar surface area (TPSA) is 61.5 Å². The van der Waals surface area contributed by atoms with Gasteiger partial charge in [-0.1, -0.05) is 17.7 Å². The minimum absolute atomic E-state index is 0.362. The van der Waals surface area contributed by atoms with Crippen molar-refractivity contribution in [3.05, 3.63) is 23.2 Å². The fourth-order valence-electron chi connectivity index (χ4n) is 2.10. The van der Waals surface area contributed by atoms with Gasteiger partial charge in [-0.3, -0.25) is 4.90 Å². The van der Waals surface area contributed by atoms with Crippen LogP contribution in [0, 0.1) is 0 Å². The molecule has 1 atom stereocenters. The van der Waals surface area contributed by atoms with Crippen LogP contribution in [0.4, 0.5) is 5.69 Å². The number of anilines is 1. The van der Waals surface area contributed by atoms with E-state index in [-0.39, 0.29) is 6.10 Å². The molecule has 6 heteroatoms. The van der Waals surface area contributed by atoms with Gasteiger partial charge < -0.3 is 16.2 Å². The van der Waals surface area contributed by atoms with Crippen LogP contribution in [0.15, 0.2) is 23.1 Å². The zero-order chi connectivity index (χ0) is 13.7. The molecule has 0 amide bonds. The van der Waals surface area contributed by atoms with E-state index < -0.39 is 0 Å². The molecule has 4 N–H and O–H groups in total. The number of aliphatic hydroxyl groups excluding tert-OH is 1. The summed E-state index contributed by atoms with van der Waals surface area (Å²) in [7, 11) is 0. The molecule has 0 bridgehead atoms. The highest BCUT2D eigenvalue weighted by atomic mass is 35.5. The second-order valence-electron chi connectivity index (χ2n) is 4.67. The second kappa shape index (κ2) is 7.36. The quantitative estimate of drug-likeness (QED) is 0.565. The fraction of sp³-hybridized carbons (Fsp3) is 0.538. The van der Waals surface area contributed by atoms with E-state index in [1.807, 2.05) is 18.2 Å². The van der Waals surface area contributed by atoms with Gasteiger partial charge in [0.15, 0.2) is 0 Å². The van der Waals surface area contributed by atoms with Crippen molar-refractivity contribution >= 4 is 29.1 Å². The lowest BCUT2D eigenvalue weighted by Crippen LogP contribution is -2.46. The first-order chi connectivity index (χ1) is 9.16. The van der Waals surface area contributed by atoms with Crippen molar-refractivity contribution in [1.82, 2.24) is 10.2 Å². The Labute approximate surface area is 123 Å². The van der Waals surface area contributed by atoms with Gasteiger partial charge in [-0.2, -0.15) is 0 Å². The van der Waals surface area contributed by atoms with Crippen LogP contribution < -0.4 is 11.1 Å². The first-order valence-corrected chi connectivity index (χ1v) is 7.81. The number of hydrogen-bond donors (Lipinski definition) is 3. The Morgan fingerprint density at radius 2 is 2.16 bits per heavy atom. The Kier molecular flexibility index (Phi) is 5.78. The normalized spacial score (nSPS) is 18.4. The number of benzene rings is 1. The molecular formula is C13H20ClN3OS. The molecule has 0 spiro atoms. The van der Waals surface area contributed by atoms with Crippen molar-refractivity contribution in [1.29, 1.82) is 0 Å². The molecule has 1 aliphatic heterocycles. The standard InChI is InChI=1S/C13H20ClN3OS/c14-11-2-1-3-12(15)13(11)19-9-10(18)8-17-6-4-16-5-7-17/h1-3,10,16,18H,4-9,15H2. The summed E-state index contributed by atoms with van der Waals surface area (Å²) in [5.41, 5.74) is 6.56. The molecule has 4 nitrogen and oxygen atoms in total. The van der Waals surface area contributed by atoms with E-state index in [9.17, 15) is 5.11 Å². The molecule has 1 aromatic carbocycles. The molecule has 1 saturated heterocycles. The minimum Gasteiger partial charge on any atom is -0.398 e. The van der Waals surface area contributed by atoms with Crippen LogP contribution in [0.5, 0.6) is 0 Å². The smallest absolute Gasteiger partial charge is 0.0760 e. The molecule has 0 aromatic heterocycles. The van der Waals surface area contributed by atoms with Crippen molar-refractivity contribution in [2.45, 2.75) is 11.0 Å². The molecule has 2 rings (SSSR count). The summed E-state index contributed by atoms with van der Waals surface area (Å²) in [6.45, 7) is 4.69. The highest BCUT2D eigenvalue weighted by molar-refractivity contribution is 7.99. The van der Waals surface area contributed by atoms with Crippen LogP contribution in [-0.2, 0) is 0 Å². The largest absolute Gasteiger partial charge is 0.398 e. The number of aliphatic hydroxyl groups is 1. The maximum absolute atomic E-state index is 10.1. The predicted molar refractivity (Wildman–Crippen MR) is 81.9 cm³/mol. The van der Waals surface area contributed by atoms with Gasteiger partial charge in [0.1, 0.15) is 0 Å². The van der Waals surface area contributed by atoms with Crippen LogP contribution >= 0.6 is 23.4 Å². The molecule has 1 unspecified atom stereocenters. The average molecular weight is 302 g/mol. The third-order valence-corrected chi connectivity index (χ3v) is 4.82. The van der Waals surface area contributed by atoms with Crippen molar-refractivity contribution in [2.75, 3.05) is 44.2 Å². The van der Waals surface area contributed by atoms with Gasteiger partial charge in [-0.15, -0.1) is 11.8 Å². The lowest BCUT2D eigenvalue weighted by atomic mass is 10.3. The first-order valence-electron chi connectivity index (χ1n) is 6.44. The van der Waals surface area contributed by atoms with Gasteiger partial charge in [0.05, 0.1) is 11.1 Å². The monoisotopic (exact) mass is 301 g/mol. The molecule has 1 heterocycles. The Hall–Kier alpha value is -0.460. The average Bonchev–Trinajstić information content (AvgIpc) is 2.39. The summed E-state index contributed by atoms with van der Waals surface area (Å²) in [6, 6.07) is 5.48. The van der Waals surface area contributed by atoms with E-state index >= 15 is 0 Å². The van der Waals surface area contributed by atoms with E-state index in [1.165, 1.54) is 11.8 Å². The molecule has 1 fully saturated rings. The van der Waals surface area contributed by atoms with Crippen LogP contribution in [0.2, 0.25) is 5.02 Å². The van der Waals surface area contributed by atoms with Gasteiger partial charge in [0.2, 0.25) is 0 Å². The molecule has 106 valence electrons. The summed E-state index contributed by atoms with van der Waals surface area (Å²) in [5, 5.41) is 14.0. The van der Waals surface area contributed by atoms with Crippen molar-refractivity contribution in [2.24, 2.45) is 0 Å². The molecule has 0 saturated carbocycles. The maximum Gasteiger partial charge on any atom is 0.0760 e. The minimum atomic E-state index is -0.362. The zero-order valence-electron chi connectivity index (χ0n) is 10.8. The number of piperazine rings is 1. The summed E-state index contributed by atoms with van der Waals surface area (Å²) in [5.74, 6) is 0.609. The number of nitrogens with one attached hydrogen (secondary N) is 1. The summed E-state index contributed by atoms with van der Waals surface area (Å²) in [4.78, 5) is 3.14. The lowest BCUT2D eigenvalue weighted by molar-refractivity contribution is 0.121. The first kappa shape index (κ1) is 14.9. The van der Waals surface area contributed by atoms with Gasteiger partial charge in [-0.05, 0) is 12.1 Å². The summed E-state index contributed by atoms with van der Waals surface area (Å²) in [6.07, 6.45) is -0.362. The number of nitrogens with zero attached hydrogens (tertiary/aromatic N) is 1. The maximum atomic E-state index is 10.1. The van der Waals surface area contributed by atoms with Crippen LogP contribution in [0.3, 0.4) is 0 Å². The van der Waals surface area contributed by atoms with E-state index in [0.29, 0.717) is 23.0 Å². The molecule has 19 heavy (non-hydrogen) atoms. The molecule has 1 aromatic rings. The van der Waals surface area contributed by atoms with Crippen LogP contribution in [-0.4, -0.2) is 54.6 Å². The number of hydrogen-bond acceptors (Lipinski definition) is 5.